The highest BCUT2D eigenvalue weighted by atomic mass is 16.3. The minimum Gasteiger partial charge on any atom is -0.387 e. The summed E-state index contributed by atoms with van der Waals surface area (Å²) < 4.78 is 2.18. The first-order valence-corrected chi connectivity index (χ1v) is 9.17. The SMILES string of the molecule is CCN(CCN1CCC(n2ncc3cc(C)ccc32)CC1)C(=O)CO. The molecule has 136 valence electrons. The summed E-state index contributed by atoms with van der Waals surface area (Å²) in [6.45, 7) is 7.89. The molecule has 2 aromatic rings. The molecular formula is C19H28N4O2. The van der Waals surface area contributed by atoms with Crippen molar-refractivity contribution in [2.75, 3.05) is 39.3 Å². The van der Waals surface area contributed by atoms with Crippen molar-refractivity contribution in [3.05, 3.63) is 30.0 Å². The molecule has 6 heteroatoms. The average Bonchev–Trinajstić information content (AvgIpc) is 3.05. The first-order valence-electron chi connectivity index (χ1n) is 9.17. The fourth-order valence-corrected chi connectivity index (χ4v) is 3.67. The van der Waals surface area contributed by atoms with Crippen molar-refractivity contribution in [3.63, 3.8) is 0 Å². The summed E-state index contributed by atoms with van der Waals surface area (Å²) >= 11 is 0. The number of aliphatic hydroxyl groups excluding tert-OH is 1. The van der Waals surface area contributed by atoms with Crippen molar-refractivity contribution in [2.24, 2.45) is 0 Å². The van der Waals surface area contributed by atoms with Gasteiger partial charge in [-0.25, -0.2) is 0 Å². The van der Waals surface area contributed by atoms with Gasteiger partial charge in [-0.15, -0.1) is 0 Å². The Kier molecular flexibility index (Phi) is 5.71. The zero-order chi connectivity index (χ0) is 17.8. The Morgan fingerprint density at radius 1 is 1.36 bits per heavy atom. The van der Waals surface area contributed by atoms with Crippen LogP contribution in [0.25, 0.3) is 10.9 Å². The summed E-state index contributed by atoms with van der Waals surface area (Å²) in [6, 6.07) is 6.94. The maximum Gasteiger partial charge on any atom is 0.248 e. The van der Waals surface area contributed by atoms with Gasteiger partial charge in [-0.1, -0.05) is 11.6 Å². The third kappa shape index (κ3) is 4.02. The van der Waals surface area contributed by atoms with Crippen molar-refractivity contribution in [2.45, 2.75) is 32.7 Å². The van der Waals surface area contributed by atoms with Crippen molar-refractivity contribution in [1.82, 2.24) is 19.6 Å². The Morgan fingerprint density at radius 2 is 2.12 bits per heavy atom. The van der Waals surface area contributed by atoms with Crippen LogP contribution in [0.1, 0.15) is 31.4 Å². The van der Waals surface area contributed by atoms with Crippen LogP contribution in [-0.4, -0.2) is 69.9 Å². The van der Waals surface area contributed by atoms with Crippen molar-refractivity contribution >= 4 is 16.8 Å². The normalized spacial score (nSPS) is 16.4. The Hall–Kier alpha value is -1.92. The van der Waals surface area contributed by atoms with Gasteiger partial charge >= 0.3 is 0 Å². The maximum atomic E-state index is 11.6. The van der Waals surface area contributed by atoms with E-state index in [1.807, 2.05) is 13.1 Å². The summed E-state index contributed by atoms with van der Waals surface area (Å²) in [4.78, 5) is 15.7. The van der Waals surface area contributed by atoms with Crippen LogP contribution in [0.15, 0.2) is 24.4 Å². The molecule has 0 saturated carbocycles. The molecule has 0 atom stereocenters. The van der Waals surface area contributed by atoms with Gasteiger partial charge in [0, 0.05) is 38.1 Å². The van der Waals surface area contributed by atoms with Crippen LogP contribution in [0.4, 0.5) is 0 Å². The number of carbonyl (C=O) groups is 1. The predicted molar refractivity (Wildman–Crippen MR) is 98.5 cm³/mol. The van der Waals surface area contributed by atoms with Gasteiger partial charge in [-0.2, -0.15) is 5.10 Å². The number of aromatic nitrogens is 2. The highest BCUT2D eigenvalue weighted by Crippen LogP contribution is 2.26. The van der Waals surface area contributed by atoms with Crippen LogP contribution in [0.5, 0.6) is 0 Å². The molecule has 1 N–H and O–H groups in total. The zero-order valence-corrected chi connectivity index (χ0v) is 15.2. The second kappa shape index (κ2) is 7.97. The maximum absolute atomic E-state index is 11.6. The largest absolute Gasteiger partial charge is 0.387 e. The molecule has 0 bridgehead atoms. The predicted octanol–water partition coefficient (Wildman–Crippen LogP) is 1.82. The fourth-order valence-electron chi connectivity index (χ4n) is 3.67. The molecule has 0 aliphatic carbocycles. The summed E-state index contributed by atoms with van der Waals surface area (Å²) in [6.07, 6.45) is 4.11. The minimum atomic E-state index is -0.401. The average molecular weight is 344 g/mol. The van der Waals surface area contributed by atoms with E-state index in [-0.39, 0.29) is 5.91 Å². The lowest BCUT2D eigenvalue weighted by Gasteiger charge is -2.33. The minimum absolute atomic E-state index is 0.185. The quantitative estimate of drug-likeness (QED) is 0.868. The highest BCUT2D eigenvalue weighted by Gasteiger charge is 2.23. The van der Waals surface area contributed by atoms with Gasteiger partial charge in [-0.3, -0.25) is 9.48 Å². The van der Waals surface area contributed by atoms with Gasteiger partial charge in [0.25, 0.3) is 0 Å². The molecule has 0 unspecified atom stereocenters. The molecule has 1 saturated heterocycles. The summed E-state index contributed by atoms with van der Waals surface area (Å²) in [7, 11) is 0. The summed E-state index contributed by atoms with van der Waals surface area (Å²) in [5.41, 5.74) is 2.48. The molecular weight excluding hydrogens is 316 g/mol. The van der Waals surface area contributed by atoms with Crippen LogP contribution >= 0.6 is 0 Å². The highest BCUT2D eigenvalue weighted by molar-refractivity contribution is 5.79. The van der Waals surface area contributed by atoms with E-state index in [1.165, 1.54) is 16.5 Å². The number of aryl methyl sites for hydroxylation is 1. The molecule has 1 aliphatic heterocycles. The van der Waals surface area contributed by atoms with Crippen LogP contribution in [0, 0.1) is 6.92 Å². The second-order valence-electron chi connectivity index (χ2n) is 6.86. The molecule has 6 nitrogen and oxygen atoms in total. The van der Waals surface area contributed by atoms with E-state index in [0.29, 0.717) is 19.1 Å². The number of benzene rings is 1. The number of carbonyl (C=O) groups excluding carboxylic acids is 1. The first kappa shape index (κ1) is 17.9. The number of fused-ring (bicyclic) bond motifs is 1. The number of hydrogen-bond acceptors (Lipinski definition) is 4. The van der Waals surface area contributed by atoms with E-state index in [1.54, 1.807) is 4.90 Å². The number of nitrogens with zero attached hydrogens (tertiary/aromatic N) is 4. The first-order chi connectivity index (χ1) is 12.1. The van der Waals surface area contributed by atoms with E-state index < -0.39 is 6.61 Å². The van der Waals surface area contributed by atoms with E-state index in [9.17, 15) is 4.79 Å². The monoisotopic (exact) mass is 344 g/mol. The Balaban J connectivity index is 1.55. The lowest BCUT2D eigenvalue weighted by molar-refractivity contribution is -0.134. The molecule has 1 aliphatic rings. The second-order valence-corrected chi connectivity index (χ2v) is 6.86. The van der Waals surface area contributed by atoms with E-state index >= 15 is 0 Å². The van der Waals surface area contributed by atoms with Crippen LogP contribution in [0.3, 0.4) is 0 Å². The van der Waals surface area contributed by atoms with Crippen molar-refractivity contribution in [1.29, 1.82) is 0 Å². The fraction of sp³-hybridized carbons (Fsp3) is 0.579. The van der Waals surface area contributed by atoms with Crippen molar-refractivity contribution in [3.8, 4) is 0 Å². The van der Waals surface area contributed by atoms with Gasteiger partial charge in [0.1, 0.15) is 6.61 Å². The molecule has 2 heterocycles. The standard InChI is InChI=1S/C19H28N4O2/c1-3-22(19(25)14-24)11-10-21-8-6-17(7-9-21)23-18-5-4-15(2)12-16(18)13-20-23/h4-5,12-13,17,24H,3,6-11,14H2,1-2H3. The van der Waals surface area contributed by atoms with Gasteiger partial charge in [0.05, 0.1) is 17.8 Å². The van der Waals surface area contributed by atoms with E-state index in [4.69, 9.17) is 5.11 Å². The molecule has 0 radical (unpaired) electrons. The number of hydrogen-bond donors (Lipinski definition) is 1. The number of likely N-dealkylation sites (N-methyl/N-ethyl adjacent to an activating group) is 1. The number of aliphatic hydroxyl groups is 1. The Labute approximate surface area is 149 Å². The summed E-state index contributed by atoms with van der Waals surface area (Å²) in [5.74, 6) is -0.185. The van der Waals surface area contributed by atoms with Crippen LogP contribution < -0.4 is 0 Å². The van der Waals surface area contributed by atoms with Gasteiger partial charge in [0.15, 0.2) is 0 Å². The third-order valence-electron chi connectivity index (χ3n) is 5.21. The number of piperidine rings is 1. The zero-order valence-electron chi connectivity index (χ0n) is 15.2. The lowest BCUT2D eigenvalue weighted by atomic mass is 10.0. The number of likely N-dealkylation sites (tertiary alicyclic amines) is 1. The Bertz CT molecular complexity index is 719. The van der Waals surface area contributed by atoms with Gasteiger partial charge in [0.2, 0.25) is 5.91 Å². The van der Waals surface area contributed by atoms with Gasteiger partial charge in [-0.05, 0) is 38.8 Å². The molecule has 1 fully saturated rings. The number of amides is 1. The molecule has 0 spiro atoms. The number of rotatable bonds is 6. The van der Waals surface area contributed by atoms with E-state index in [2.05, 4.69) is 39.8 Å². The molecule has 25 heavy (non-hydrogen) atoms. The van der Waals surface area contributed by atoms with Crippen molar-refractivity contribution < 1.29 is 9.90 Å². The topological polar surface area (TPSA) is 61.6 Å². The smallest absolute Gasteiger partial charge is 0.248 e. The van der Waals surface area contributed by atoms with Crippen LogP contribution in [-0.2, 0) is 4.79 Å². The molecule has 1 aromatic carbocycles. The summed E-state index contributed by atoms with van der Waals surface area (Å²) in [5, 5.41) is 14.8. The van der Waals surface area contributed by atoms with Crippen LogP contribution in [0.2, 0.25) is 0 Å². The lowest BCUT2D eigenvalue weighted by Crippen LogP contribution is -2.42. The Morgan fingerprint density at radius 3 is 2.80 bits per heavy atom. The van der Waals surface area contributed by atoms with E-state index in [0.717, 1.165) is 32.5 Å². The molecule has 1 amide bonds. The molecule has 1 aromatic heterocycles. The van der Waals surface area contributed by atoms with Gasteiger partial charge < -0.3 is 14.9 Å². The molecule has 3 rings (SSSR count). The third-order valence-corrected chi connectivity index (χ3v) is 5.21.